The summed E-state index contributed by atoms with van der Waals surface area (Å²) in [6.45, 7) is 4.71. The lowest BCUT2D eigenvalue weighted by Crippen LogP contribution is -2.45. The van der Waals surface area contributed by atoms with Gasteiger partial charge in [0.05, 0.1) is 4.90 Å². The van der Waals surface area contributed by atoms with Crippen molar-refractivity contribution in [3.63, 3.8) is 0 Å². The third-order valence-corrected chi connectivity index (χ3v) is 5.48. The van der Waals surface area contributed by atoms with Gasteiger partial charge in [0.15, 0.2) is 6.61 Å². The van der Waals surface area contributed by atoms with Gasteiger partial charge in [0.2, 0.25) is 10.0 Å². The summed E-state index contributed by atoms with van der Waals surface area (Å²) < 4.78 is 32.3. The number of nitrogens with one attached hydrogen (secondary N) is 2. The zero-order valence-electron chi connectivity index (χ0n) is 16.0. The summed E-state index contributed by atoms with van der Waals surface area (Å²) in [4.78, 5) is 24.5. The predicted molar refractivity (Wildman–Crippen MR) is 106 cm³/mol. The molecular formula is C20H24N2O5S. The smallest absolute Gasteiger partial charge is 0.324 e. The first-order valence-corrected chi connectivity index (χ1v) is 10.3. The van der Waals surface area contributed by atoms with Gasteiger partial charge in [-0.3, -0.25) is 9.59 Å². The standard InChI is InChI=1S/C20H24N2O5S/c1-14(2)19(22-28(25,26)16-10-5-4-6-11-16)20(24)27-13-18(23)21-17-12-8-7-9-15(17)3/h4-12,14,19,22H,13H2,1-3H3,(H,21,23)/t19-/m0/s1. The van der Waals surface area contributed by atoms with Gasteiger partial charge in [-0.05, 0) is 36.6 Å². The summed E-state index contributed by atoms with van der Waals surface area (Å²) in [6, 6.07) is 13.8. The molecule has 0 bridgehead atoms. The van der Waals surface area contributed by atoms with Crippen LogP contribution in [0.4, 0.5) is 5.69 Å². The highest BCUT2D eigenvalue weighted by molar-refractivity contribution is 7.89. The van der Waals surface area contributed by atoms with Gasteiger partial charge in [-0.2, -0.15) is 4.72 Å². The molecule has 0 unspecified atom stereocenters. The second-order valence-corrected chi connectivity index (χ2v) is 8.34. The average molecular weight is 404 g/mol. The number of hydrogen-bond donors (Lipinski definition) is 2. The molecule has 0 fully saturated rings. The number of benzene rings is 2. The van der Waals surface area contributed by atoms with Crippen LogP contribution in [0.2, 0.25) is 0 Å². The van der Waals surface area contributed by atoms with Crippen molar-refractivity contribution in [3.05, 3.63) is 60.2 Å². The van der Waals surface area contributed by atoms with E-state index in [0.717, 1.165) is 5.56 Å². The van der Waals surface area contributed by atoms with Crippen LogP contribution >= 0.6 is 0 Å². The minimum atomic E-state index is -3.89. The van der Waals surface area contributed by atoms with Crippen molar-refractivity contribution in [3.8, 4) is 0 Å². The largest absolute Gasteiger partial charge is 0.454 e. The van der Waals surface area contributed by atoms with Crippen LogP contribution in [0, 0.1) is 12.8 Å². The Morgan fingerprint density at radius 2 is 1.61 bits per heavy atom. The molecule has 2 aromatic rings. The van der Waals surface area contributed by atoms with Gasteiger partial charge in [0, 0.05) is 5.69 Å². The van der Waals surface area contributed by atoms with E-state index in [1.807, 2.05) is 19.1 Å². The van der Waals surface area contributed by atoms with Crippen molar-refractivity contribution in [2.45, 2.75) is 31.7 Å². The summed E-state index contributed by atoms with van der Waals surface area (Å²) in [6.07, 6.45) is 0. The lowest BCUT2D eigenvalue weighted by atomic mass is 10.1. The number of amides is 1. The molecular weight excluding hydrogens is 380 g/mol. The maximum atomic E-state index is 12.5. The fraction of sp³-hybridized carbons (Fsp3) is 0.300. The number of carbonyl (C=O) groups excluding carboxylic acids is 2. The molecule has 7 nitrogen and oxygen atoms in total. The number of sulfonamides is 1. The fourth-order valence-corrected chi connectivity index (χ4v) is 3.77. The molecule has 150 valence electrons. The van der Waals surface area contributed by atoms with E-state index in [-0.39, 0.29) is 10.8 Å². The Morgan fingerprint density at radius 1 is 1.00 bits per heavy atom. The van der Waals surface area contributed by atoms with Gasteiger partial charge in [0.1, 0.15) is 6.04 Å². The second kappa shape index (κ2) is 9.48. The van der Waals surface area contributed by atoms with E-state index in [1.54, 1.807) is 44.2 Å². The summed E-state index contributed by atoms with van der Waals surface area (Å²) in [5.41, 5.74) is 1.49. The van der Waals surface area contributed by atoms with Gasteiger partial charge >= 0.3 is 5.97 Å². The van der Waals surface area contributed by atoms with Crippen LogP contribution in [0.25, 0.3) is 0 Å². The molecule has 1 atom stereocenters. The molecule has 0 spiro atoms. The van der Waals surface area contributed by atoms with Gasteiger partial charge in [-0.25, -0.2) is 8.42 Å². The highest BCUT2D eigenvalue weighted by atomic mass is 32.2. The third-order valence-electron chi connectivity index (χ3n) is 4.02. The SMILES string of the molecule is Cc1ccccc1NC(=O)COC(=O)[C@@H](NS(=O)(=O)c1ccccc1)C(C)C. The van der Waals surface area contributed by atoms with Crippen LogP contribution < -0.4 is 10.0 Å². The Hall–Kier alpha value is -2.71. The number of ether oxygens (including phenoxy) is 1. The monoisotopic (exact) mass is 404 g/mol. The fourth-order valence-electron chi connectivity index (χ4n) is 2.42. The van der Waals surface area contributed by atoms with Crippen LogP contribution in [0.15, 0.2) is 59.5 Å². The first kappa shape index (κ1) is 21.6. The second-order valence-electron chi connectivity index (χ2n) is 6.63. The molecule has 0 aliphatic carbocycles. The molecule has 0 aliphatic heterocycles. The van der Waals surface area contributed by atoms with E-state index in [9.17, 15) is 18.0 Å². The molecule has 1 amide bonds. The molecule has 0 heterocycles. The molecule has 2 aromatic carbocycles. The molecule has 28 heavy (non-hydrogen) atoms. The topological polar surface area (TPSA) is 102 Å². The molecule has 0 radical (unpaired) electrons. The summed E-state index contributed by atoms with van der Waals surface area (Å²) in [5.74, 6) is -1.68. The Balaban J connectivity index is 1.99. The summed E-state index contributed by atoms with van der Waals surface area (Å²) >= 11 is 0. The maximum Gasteiger partial charge on any atom is 0.324 e. The Labute approximate surface area is 165 Å². The summed E-state index contributed by atoms with van der Waals surface area (Å²) in [5, 5.41) is 2.65. The van der Waals surface area contributed by atoms with Crippen molar-refractivity contribution in [1.29, 1.82) is 0 Å². The molecule has 0 saturated heterocycles. The molecule has 2 N–H and O–H groups in total. The average Bonchev–Trinajstić information content (AvgIpc) is 2.66. The van der Waals surface area contributed by atoms with E-state index in [1.165, 1.54) is 12.1 Å². The van der Waals surface area contributed by atoms with Crippen molar-refractivity contribution in [2.75, 3.05) is 11.9 Å². The van der Waals surface area contributed by atoms with Gasteiger partial charge in [-0.1, -0.05) is 50.2 Å². The number of anilines is 1. The van der Waals surface area contributed by atoms with Crippen molar-refractivity contribution < 1.29 is 22.7 Å². The number of para-hydroxylation sites is 1. The highest BCUT2D eigenvalue weighted by Gasteiger charge is 2.30. The van der Waals surface area contributed by atoms with E-state index >= 15 is 0 Å². The normalized spacial score (nSPS) is 12.4. The third kappa shape index (κ3) is 5.90. The minimum absolute atomic E-state index is 0.0470. The lowest BCUT2D eigenvalue weighted by Gasteiger charge is -2.20. The van der Waals surface area contributed by atoms with Crippen LogP contribution in [-0.2, 0) is 24.3 Å². The highest BCUT2D eigenvalue weighted by Crippen LogP contribution is 2.14. The zero-order chi connectivity index (χ0) is 20.7. The van der Waals surface area contributed by atoms with Crippen molar-refractivity contribution in [2.24, 2.45) is 5.92 Å². The van der Waals surface area contributed by atoms with Gasteiger partial charge in [-0.15, -0.1) is 0 Å². The molecule has 0 saturated carbocycles. The molecule has 8 heteroatoms. The number of esters is 1. The van der Waals surface area contributed by atoms with Crippen LogP contribution in [0.1, 0.15) is 19.4 Å². The maximum absolute atomic E-state index is 12.5. The number of hydrogen-bond acceptors (Lipinski definition) is 5. The minimum Gasteiger partial charge on any atom is -0.454 e. The Morgan fingerprint density at radius 3 is 2.21 bits per heavy atom. The lowest BCUT2D eigenvalue weighted by molar-refractivity contribution is -0.150. The number of carbonyl (C=O) groups is 2. The first-order valence-electron chi connectivity index (χ1n) is 8.80. The van der Waals surface area contributed by atoms with Crippen LogP contribution in [0.5, 0.6) is 0 Å². The van der Waals surface area contributed by atoms with Crippen LogP contribution in [-0.4, -0.2) is 32.9 Å². The summed E-state index contributed by atoms with van der Waals surface area (Å²) in [7, 11) is -3.89. The van der Waals surface area contributed by atoms with E-state index < -0.39 is 34.5 Å². The Kier molecular flexibility index (Phi) is 7.31. The van der Waals surface area contributed by atoms with Gasteiger partial charge in [0.25, 0.3) is 5.91 Å². The van der Waals surface area contributed by atoms with Crippen molar-refractivity contribution in [1.82, 2.24) is 4.72 Å². The molecule has 0 aromatic heterocycles. The predicted octanol–water partition coefficient (Wildman–Crippen LogP) is 2.48. The molecule has 2 rings (SSSR count). The number of rotatable bonds is 8. The van der Waals surface area contributed by atoms with Gasteiger partial charge < -0.3 is 10.1 Å². The first-order chi connectivity index (χ1) is 13.2. The Bertz CT molecular complexity index is 927. The van der Waals surface area contributed by atoms with E-state index in [4.69, 9.17) is 4.74 Å². The van der Waals surface area contributed by atoms with Crippen molar-refractivity contribution >= 4 is 27.6 Å². The molecule has 0 aliphatic rings. The van der Waals surface area contributed by atoms with E-state index in [0.29, 0.717) is 5.69 Å². The van der Waals surface area contributed by atoms with Crippen LogP contribution in [0.3, 0.4) is 0 Å². The quantitative estimate of drug-likeness (QED) is 0.658. The number of aryl methyl sites for hydroxylation is 1. The van der Waals surface area contributed by atoms with E-state index in [2.05, 4.69) is 10.0 Å². The zero-order valence-corrected chi connectivity index (χ0v) is 16.8.